The van der Waals surface area contributed by atoms with Crippen molar-refractivity contribution in [1.82, 2.24) is 14.5 Å². The van der Waals surface area contributed by atoms with E-state index in [-0.39, 0.29) is 12.0 Å². The van der Waals surface area contributed by atoms with Crippen LogP contribution in [-0.4, -0.2) is 72.4 Å². The van der Waals surface area contributed by atoms with E-state index in [9.17, 15) is 4.79 Å². The molecule has 2 aliphatic heterocycles. The molecule has 0 bridgehead atoms. The Balaban J connectivity index is 0.998. The number of aryl methyl sites for hydroxylation is 2. The second kappa shape index (κ2) is 13.8. The van der Waals surface area contributed by atoms with Crippen LogP contribution in [0.3, 0.4) is 0 Å². The van der Waals surface area contributed by atoms with Crippen LogP contribution < -0.4 is 15.0 Å². The molecule has 3 aromatic carbocycles. The number of hydrogen-bond donors (Lipinski definition) is 1. The monoisotopic (exact) mass is 649 g/mol. The van der Waals surface area contributed by atoms with E-state index in [1.165, 1.54) is 0 Å². The fourth-order valence-corrected chi connectivity index (χ4v) is 6.43. The standard InChI is InChI=1S/C34H37Cl2N5O4/c1-24-4-3-5-25(2)33(24)38-32(42)19-39-14-16-41(17-15-39)27-7-9-28(10-8-27)43-20-29-21-44-34(45-29,22-40-13-12-37-23-40)30-11-6-26(35)18-31(30)36/h3-13,18,23,29H,14-17,19-22H2,1-2H3,(H,38,42). The summed E-state index contributed by atoms with van der Waals surface area (Å²) in [5, 5.41) is 4.11. The van der Waals surface area contributed by atoms with Crippen molar-refractivity contribution in [2.24, 2.45) is 0 Å². The Bertz CT molecular complexity index is 1590. The van der Waals surface area contributed by atoms with Crippen LogP contribution in [0.15, 0.2) is 79.4 Å². The Morgan fingerprint density at radius 2 is 1.80 bits per heavy atom. The van der Waals surface area contributed by atoms with E-state index in [0.717, 1.165) is 54.4 Å². The van der Waals surface area contributed by atoms with Gasteiger partial charge in [-0.05, 0) is 61.4 Å². The van der Waals surface area contributed by atoms with Crippen molar-refractivity contribution in [3.63, 3.8) is 0 Å². The van der Waals surface area contributed by atoms with Gasteiger partial charge in [0.15, 0.2) is 0 Å². The lowest BCUT2D eigenvalue weighted by Crippen LogP contribution is -2.48. The summed E-state index contributed by atoms with van der Waals surface area (Å²) in [6.45, 7) is 8.78. The lowest BCUT2D eigenvalue weighted by Gasteiger charge is -2.35. The molecule has 0 spiro atoms. The second-order valence-corrected chi connectivity index (χ2v) is 12.4. The Morgan fingerprint density at radius 3 is 2.49 bits per heavy atom. The number of benzene rings is 3. The van der Waals surface area contributed by atoms with E-state index in [0.29, 0.717) is 41.9 Å². The third kappa shape index (κ3) is 7.45. The van der Waals surface area contributed by atoms with Crippen molar-refractivity contribution in [2.75, 3.05) is 56.2 Å². The molecule has 0 radical (unpaired) electrons. The number of halogens is 2. The first-order valence-corrected chi connectivity index (χ1v) is 15.8. The first-order valence-electron chi connectivity index (χ1n) is 15.1. The van der Waals surface area contributed by atoms with Gasteiger partial charge in [-0.15, -0.1) is 0 Å². The molecule has 2 aliphatic rings. The number of hydrogen-bond acceptors (Lipinski definition) is 7. The minimum Gasteiger partial charge on any atom is -0.491 e. The number of nitrogens with zero attached hydrogens (tertiary/aromatic N) is 4. The number of ether oxygens (including phenoxy) is 3. The fourth-order valence-electron chi connectivity index (χ4n) is 5.88. The summed E-state index contributed by atoms with van der Waals surface area (Å²) >= 11 is 12.7. The summed E-state index contributed by atoms with van der Waals surface area (Å²) in [6, 6.07) is 19.4. The van der Waals surface area contributed by atoms with E-state index in [1.807, 2.05) is 61.0 Å². The predicted molar refractivity (Wildman–Crippen MR) is 176 cm³/mol. The summed E-state index contributed by atoms with van der Waals surface area (Å²) < 4.78 is 20.8. The average Bonchev–Trinajstić information content (AvgIpc) is 3.69. The molecule has 2 saturated heterocycles. The summed E-state index contributed by atoms with van der Waals surface area (Å²) in [5.74, 6) is -0.322. The lowest BCUT2D eigenvalue weighted by molar-refractivity contribution is -0.189. The molecular weight excluding hydrogens is 613 g/mol. The molecule has 0 saturated carbocycles. The number of anilines is 2. The molecule has 1 N–H and O–H groups in total. The van der Waals surface area contributed by atoms with Crippen LogP contribution in [0.1, 0.15) is 16.7 Å². The Hall–Kier alpha value is -3.60. The van der Waals surface area contributed by atoms with E-state index < -0.39 is 5.79 Å². The highest BCUT2D eigenvalue weighted by atomic mass is 35.5. The minimum atomic E-state index is -1.09. The number of para-hydroxylation sites is 1. The molecule has 6 rings (SSSR count). The molecule has 9 nitrogen and oxygen atoms in total. The predicted octanol–water partition coefficient (Wildman–Crippen LogP) is 5.91. The quantitative estimate of drug-likeness (QED) is 0.229. The molecule has 1 aromatic heterocycles. The first-order chi connectivity index (χ1) is 21.8. The molecule has 1 amide bonds. The van der Waals surface area contributed by atoms with Crippen LogP contribution in [0.4, 0.5) is 11.4 Å². The highest BCUT2D eigenvalue weighted by Gasteiger charge is 2.45. The molecule has 0 aliphatic carbocycles. The van der Waals surface area contributed by atoms with Crippen LogP contribution in [0.25, 0.3) is 0 Å². The molecule has 2 atom stereocenters. The number of amides is 1. The number of piperazine rings is 1. The summed E-state index contributed by atoms with van der Waals surface area (Å²) in [5.41, 5.74) is 4.89. The summed E-state index contributed by atoms with van der Waals surface area (Å²) in [7, 11) is 0. The van der Waals surface area contributed by atoms with Gasteiger partial charge in [0.2, 0.25) is 11.7 Å². The topological polar surface area (TPSA) is 81.1 Å². The zero-order valence-corrected chi connectivity index (χ0v) is 26.9. The maximum Gasteiger partial charge on any atom is 0.238 e. The third-order valence-electron chi connectivity index (χ3n) is 8.27. The maximum absolute atomic E-state index is 12.7. The molecule has 2 unspecified atom stereocenters. The van der Waals surface area contributed by atoms with Crippen LogP contribution in [-0.2, 0) is 26.6 Å². The summed E-state index contributed by atoms with van der Waals surface area (Å²) in [6.07, 6.45) is 4.98. The third-order valence-corrected chi connectivity index (χ3v) is 8.82. The van der Waals surface area contributed by atoms with Gasteiger partial charge in [-0.25, -0.2) is 4.98 Å². The van der Waals surface area contributed by atoms with Crippen LogP contribution in [0, 0.1) is 13.8 Å². The van der Waals surface area contributed by atoms with E-state index in [1.54, 1.807) is 24.7 Å². The molecule has 236 valence electrons. The summed E-state index contributed by atoms with van der Waals surface area (Å²) in [4.78, 5) is 21.4. The molecule has 45 heavy (non-hydrogen) atoms. The second-order valence-electron chi connectivity index (χ2n) is 11.5. The van der Waals surface area contributed by atoms with Gasteiger partial charge in [0.25, 0.3) is 0 Å². The Labute approximate surface area is 273 Å². The zero-order valence-electron chi connectivity index (χ0n) is 25.4. The number of rotatable bonds is 10. The van der Waals surface area contributed by atoms with Gasteiger partial charge in [-0.3, -0.25) is 9.69 Å². The molecule has 3 heterocycles. The average molecular weight is 651 g/mol. The Morgan fingerprint density at radius 1 is 1.04 bits per heavy atom. The van der Waals surface area contributed by atoms with Gasteiger partial charge in [-0.1, -0.05) is 47.5 Å². The van der Waals surface area contributed by atoms with Gasteiger partial charge < -0.3 is 29.0 Å². The molecule has 11 heteroatoms. The van der Waals surface area contributed by atoms with Crippen molar-refractivity contribution in [1.29, 1.82) is 0 Å². The SMILES string of the molecule is Cc1cccc(C)c1NC(=O)CN1CCN(c2ccc(OCC3COC(Cn4ccnc4)(c4ccc(Cl)cc4Cl)O3)cc2)CC1. The van der Waals surface area contributed by atoms with Crippen LogP contribution in [0.5, 0.6) is 5.75 Å². The van der Waals surface area contributed by atoms with Gasteiger partial charge >= 0.3 is 0 Å². The van der Waals surface area contributed by atoms with E-state index in [2.05, 4.69) is 32.2 Å². The smallest absolute Gasteiger partial charge is 0.238 e. The first kappa shape index (κ1) is 31.4. The molecule has 4 aromatic rings. The van der Waals surface area contributed by atoms with Crippen molar-refractivity contribution in [3.05, 3.63) is 106 Å². The van der Waals surface area contributed by atoms with Crippen molar-refractivity contribution >= 4 is 40.5 Å². The lowest BCUT2D eigenvalue weighted by atomic mass is 10.1. The maximum atomic E-state index is 12.7. The molecular formula is C34H37Cl2N5O4. The number of nitrogens with one attached hydrogen (secondary N) is 1. The number of carbonyl (C=O) groups is 1. The van der Waals surface area contributed by atoms with Crippen LogP contribution >= 0.6 is 23.2 Å². The highest BCUT2D eigenvalue weighted by molar-refractivity contribution is 6.35. The number of imidazole rings is 1. The number of aromatic nitrogens is 2. The molecule has 2 fully saturated rings. The van der Waals surface area contributed by atoms with Gasteiger partial charge in [0.1, 0.15) is 18.5 Å². The largest absolute Gasteiger partial charge is 0.491 e. The zero-order chi connectivity index (χ0) is 31.4. The van der Waals surface area contributed by atoms with Gasteiger partial charge in [0.05, 0.1) is 31.0 Å². The number of carbonyl (C=O) groups excluding carboxylic acids is 1. The van der Waals surface area contributed by atoms with E-state index in [4.69, 9.17) is 37.4 Å². The van der Waals surface area contributed by atoms with Crippen molar-refractivity contribution in [2.45, 2.75) is 32.3 Å². The van der Waals surface area contributed by atoms with Gasteiger partial charge in [0, 0.05) is 60.5 Å². The Kier molecular flexibility index (Phi) is 9.63. The van der Waals surface area contributed by atoms with Crippen molar-refractivity contribution in [3.8, 4) is 5.75 Å². The van der Waals surface area contributed by atoms with E-state index >= 15 is 0 Å². The van der Waals surface area contributed by atoms with Crippen molar-refractivity contribution < 1.29 is 19.0 Å². The van der Waals surface area contributed by atoms with Crippen LogP contribution in [0.2, 0.25) is 10.0 Å². The van der Waals surface area contributed by atoms with Gasteiger partial charge in [-0.2, -0.15) is 0 Å². The minimum absolute atomic E-state index is 0.0224. The normalized spacial score (nSPS) is 20.4. The fraction of sp³-hybridized carbons (Fsp3) is 0.353. The highest BCUT2D eigenvalue weighted by Crippen LogP contribution is 2.40.